The van der Waals surface area contributed by atoms with Crippen LogP contribution in [0, 0.1) is 0 Å². The average Bonchev–Trinajstić information content (AvgIpc) is 3.38. The van der Waals surface area contributed by atoms with Crippen LogP contribution in [0.2, 0.25) is 0 Å². The number of hydrogen-bond acceptors (Lipinski definition) is 6. The molecule has 36 heavy (non-hydrogen) atoms. The lowest BCUT2D eigenvalue weighted by molar-refractivity contribution is -0.133. The minimum absolute atomic E-state index is 0.0207. The number of fused-ring (bicyclic) bond motifs is 1. The molecular weight excluding hydrogens is 478 g/mol. The van der Waals surface area contributed by atoms with Crippen LogP contribution in [0.15, 0.2) is 48.1 Å². The molecule has 0 radical (unpaired) electrons. The number of hydrogen-bond donors (Lipinski definition) is 2. The van der Waals surface area contributed by atoms with E-state index >= 15 is 0 Å². The summed E-state index contributed by atoms with van der Waals surface area (Å²) in [5.74, 6) is -0.197. The monoisotopic (exact) mass is 507 g/mol. The molecule has 2 aromatic heterocycles. The summed E-state index contributed by atoms with van der Waals surface area (Å²) in [7, 11) is 1.61. The number of imidazole rings is 1. The van der Waals surface area contributed by atoms with Crippen molar-refractivity contribution in [2.45, 2.75) is 50.9 Å². The van der Waals surface area contributed by atoms with Gasteiger partial charge in [-0.1, -0.05) is 18.2 Å². The molecule has 0 bridgehead atoms. The third-order valence-electron chi connectivity index (χ3n) is 6.73. The molecule has 1 aromatic carbocycles. The Morgan fingerprint density at radius 1 is 1.19 bits per heavy atom. The van der Waals surface area contributed by atoms with E-state index in [0.717, 1.165) is 24.2 Å². The van der Waals surface area contributed by atoms with E-state index in [0.29, 0.717) is 19.5 Å². The predicted octanol–water partition coefficient (Wildman–Crippen LogP) is 2.62. The van der Waals surface area contributed by atoms with E-state index in [1.54, 1.807) is 34.8 Å². The summed E-state index contributed by atoms with van der Waals surface area (Å²) in [6.45, 7) is 2.81. The third-order valence-corrected chi connectivity index (χ3v) is 7.67. The zero-order valence-electron chi connectivity index (χ0n) is 20.3. The van der Waals surface area contributed by atoms with Gasteiger partial charge >= 0.3 is 0 Å². The highest BCUT2D eigenvalue weighted by Crippen LogP contribution is 2.38. The number of rotatable bonds is 9. The van der Waals surface area contributed by atoms with Crippen LogP contribution in [0.5, 0.6) is 5.75 Å². The zero-order valence-corrected chi connectivity index (χ0v) is 21.1. The maximum Gasteiger partial charge on any atom is 0.274 e. The Morgan fingerprint density at radius 2 is 1.97 bits per heavy atom. The first-order valence-electron chi connectivity index (χ1n) is 12.0. The lowest BCUT2D eigenvalue weighted by Gasteiger charge is -2.44. The second-order valence-electron chi connectivity index (χ2n) is 9.37. The number of benzene rings is 1. The van der Waals surface area contributed by atoms with Crippen LogP contribution < -0.4 is 15.4 Å². The molecule has 1 saturated carbocycles. The van der Waals surface area contributed by atoms with Crippen molar-refractivity contribution in [2.75, 3.05) is 13.7 Å². The molecule has 0 saturated heterocycles. The van der Waals surface area contributed by atoms with Crippen LogP contribution in [0.1, 0.15) is 51.2 Å². The van der Waals surface area contributed by atoms with Crippen molar-refractivity contribution >= 4 is 29.1 Å². The molecule has 1 aliphatic carbocycles. The quantitative estimate of drug-likeness (QED) is 0.463. The summed E-state index contributed by atoms with van der Waals surface area (Å²) in [5, 5.41) is 7.87. The number of aromatic nitrogens is 2. The van der Waals surface area contributed by atoms with Gasteiger partial charge in [-0.2, -0.15) is 0 Å². The van der Waals surface area contributed by atoms with Crippen molar-refractivity contribution in [3.05, 3.63) is 69.9 Å². The normalized spacial score (nSPS) is 19.1. The average molecular weight is 508 g/mol. The second kappa shape index (κ2) is 9.77. The smallest absolute Gasteiger partial charge is 0.274 e. The Labute approximate surface area is 213 Å². The van der Waals surface area contributed by atoms with Gasteiger partial charge < -0.3 is 24.8 Å². The van der Waals surface area contributed by atoms with Crippen molar-refractivity contribution in [1.29, 1.82) is 0 Å². The molecule has 1 unspecified atom stereocenters. The van der Waals surface area contributed by atoms with Gasteiger partial charge in [-0.15, -0.1) is 11.3 Å². The minimum atomic E-state index is -1.09. The molecule has 3 aromatic rings. The zero-order chi connectivity index (χ0) is 25.3. The summed E-state index contributed by atoms with van der Waals surface area (Å²) in [4.78, 5) is 47.2. The number of methoxy groups -OCH3 is 1. The van der Waals surface area contributed by atoms with Crippen molar-refractivity contribution in [3.63, 3.8) is 0 Å². The van der Waals surface area contributed by atoms with Crippen LogP contribution >= 0.6 is 11.3 Å². The minimum Gasteiger partial charge on any atom is -0.497 e. The molecule has 3 heterocycles. The van der Waals surface area contributed by atoms with Crippen LogP contribution in [0.4, 0.5) is 0 Å². The number of nitrogens with zero attached hydrogens (tertiary/aromatic N) is 3. The summed E-state index contributed by atoms with van der Waals surface area (Å²) in [6.07, 6.45) is 3.88. The first-order valence-corrected chi connectivity index (χ1v) is 12.9. The predicted molar refractivity (Wildman–Crippen MR) is 135 cm³/mol. The van der Waals surface area contributed by atoms with E-state index in [1.165, 1.54) is 11.2 Å². The first-order chi connectivity index (χ1) is 17.4. The number of amides is 3. The molecule has 1 aliphatic heterocycles. The molecular formula is C26H29N5O4S. The topological polar surface area (TPSA) is 106 Å². The molecule has 10 heteroatoms. The maximum atomic E-state index is 13.7. The maximum absolute atomic E-state index is 13.7. The molecule has 1 atom stereocenters. The molecule has 3 amide bonds. The van der Waals surface area contributed by atoms with Gasteiger partial charge in [0.15, 0.2) is 5.69 Å². The number of carbonyl (C=O) groups excluding carboxylic acids is 3. The summed E-state index contributed by atoms with van der Waals surface area (Å²) < 4.78 is 6.83. The standard InChI is InChI=1S/C26H29N5O4S/c1-26(25(34)28-14-17-5-9-19(35-2)10-6-17)15-30-16-29-21(22(30)24(33)31(26)18-7-8-18)23(32)27-12-11-20-4-3-13-36-20/h3-6,9-10,13,16,18H,7-8,11-12,14-15H2,1-2H3,(H,27,32)(H,28,34). The SMILES string of the molecule is COc1ccc(CNC(=O)C2(C)Cn3cnc(C(=O)NCCc4cccs4)c3C(=O)N2C2CC2)cc1. The molecule has 9 nitrogen and oxygen atoms in total. The first kappa shape index (κ1) is 24.1. The van der Waals surface area contributed by atoms with Gasteiger partial charge in [-0.3, -0.25) is 14.4 Å². The highest BCUT2D eigenvalue weighted by molar-refractivity contribution is 7.09. The van der Waals surface area contributed by atoms with Crippen LogP contribution in [0.3, 0.4) is 0 Å². The van der Waals surface area contributed by atoms with Gasteiger partial charge in [0, 0.05) is 24.0 Å². The number of thiophene rings is 1. The van der Waals surface area contributed by atoms with Crippen LogP contribution in [-0.4, -0.2) is 57.4 Å². The van der Waals surface area contributed by atoms with Crippen molar-refractivity contribution in [2.24, 2.45) is 0 Å². The molecule has 5 rings (SSSR count). The van der Waals surface area contributed by atoms with Crippen LogP contribution in [-0.2, 0) is 24.3 Å². The van der Waals surface area contributed by atoms with E-state index in [9.17, 15) is 14.4 Å². The summed E-state index contributed by atoms with van der Waals surface area (Å²) >= 11 is 1.64. The summed E-state index contributed by atoms with van der Waals surface area (Å²) in [6, 6.07) is 11.4. The largest absolute Gasteiger partial charge is 0.497 e. The molecule has 1 fully saturated rings. The molecule has 188 valence electrons. The van der Waals surface area contributed by atoms with E-state index in [1.807, 2.05) is 41.8 Å². The number of carbonyl (C=O) groups is 3. The Hall–Kier alpha value is -3.66. The van der Waals surface area contributed by atoms with Gasteiger partial charge in [-0.25, -0.2) is 4.98 Å². The van der Waals surface area contributed by atoms with E-state index in [4.69, 9.17) is 4.74 Å². The fourth-order valence-corrected chi connectivity index (χ4v) is 5.38. The Bertz CT molecular complexity index is 1270. The lowest BCUT2D eigenvalue weighted by Crippen LogP contribution is -2.64. The Kier molecular flexibility index (Phi) is 6.53. The third kappa shape index (κ3) is 4.60. The van der Waals surface area contributed by atoms with Gasteiger partial charge in [0.05, 0.1) is 20.0 Å². The fraction of sp³-hybridized carbons (Fsp3) is 0.385. The van der Waals surface area contributed by atoms with Gasteiger partial charge in [-0.05, 0) is 55.3 Å². The van der Waals surface area contributed by atoms with E-state index in [-0.39, 0.29) is 41.7 Å². The Morgan fingerprint density at radius 3 is 2.64 bits per heavy atom. The van der Waals surface area contributed by atoms with Crippen molar-refractivity contribution in [1.82, 2.24) is 25.1 Å². The summed E-state index contributed by atoms with van der Waals surface area (Å²) in [5.41, 5.74) is 0.192. The molecule has 2 aliphatic rings. The highest BCUT2D eigenvalue weighted by Gasteiger charge is 2.53. The number of ether oxygens (including phenoxy) is 1. The fourth-order valence-electron chi connectivity index (χ4n) is 4.68. The van der Waals surface area contributed by atoms with Gasteiger partial charge in [0.2, 0.25) is 5.91 Å². The number of nitrogens with one attached hydrogen (secondary N) is 2. The Balaban J connectivity index is 1.32. The van der Waals surface area contributed by atoms with Gasteiger partial charge in [0.1, 0.15) is 17.0 Å². The molecule has 0 spiro atoms. The highest BCUT2D eigenvalue weighted by atomic mass is 32.1. The van der Waals surface area contributed by atoms with Crippen molar-refractivity contribution < 1.29 is 19.1 Å². The van der Waals surface area contributed by atoms with Gasteiger partial charge in [0.25, 0.3) is 11.8 Å². The van der Waals surface area contributed by atoms with Crippen molar-refractivity contribution in [3.8, 4) is 5.75 Å². The lowest BCUT2D eigenvalue weighted by atomic mass is 9.93. The van der Waals surface area contributed by atoms with E-state index in [2.05, 4.69) is 15.6 Å². The molecule has 2 N–H and O–H groups in total. The van der Waals surface area contributed by atoms with E-state index < -0.39 is 5.54 Å². The second-order valence-corrected chi connectivity index (χ2v) is 10.4. The van der Waals surface area contributed by atoms with Crippen LogP contribution in [0.25, 0.3) is 0 Å².